The normalized spacial score (nSPS) is 16.0. The summed E-state index contributed by atoms with van der Waals surface area (Å²) in [7, 11) is 2.01. The number of carbonyl (C=O) groups is 1. The fourth-order valence-corrected chi connectivity index (χ4v) is 3.55. The molecule has 1 fully saturated rings. The number of rotatable bonds is 5. The van der Waals surface area contributed by atoms with Crippen LogP contribution in [0.1, 0.15) is 34.0 Å². The molecule has 0 saturated carbocycles. The second-order valence-corrected chi connectivity index (χ2v) is 7.41. The van der Waals surface area contributed by atoms with Gasteiger partial charge in [-0.1, -0.05) is 31.2 Å². The fourth-order valence-electron chi connectivity index (χ4n) is 3.55. The Kier molecular flexibility index (Phi) is 6.59. The lowest BCUT2D eigenvalue weighted by atomic mass is 10.0. The number of hydrogen-bond donors (Lipinski definition) is 1. The van der Waals surface area contributed by atoms with Crippen LogP contribution in [0, 0.1) is 0 Å². The molecule has 7 heteroatoms. The smallest absolute Gasteiger partial charge is 0.322 e. The molecule has 1 saturated heterocycles. The number of likely N-dealkylation sites (N-methyl/N-ethyl adjacent to an activating group) is 1. The van der Waals surface area contributed by atoms with Crippen LogP contribution in [0.5, 0.6) is 0 Å². The fraction of sp³-hybridized carbons (Fsp3) is 0.409. The van der Waals surface area contributed by atoms with E-state index in [1.165, 1.54) is 6.07 Å². The molecule has 0 bridgehead atoms. The van der Waals surface area contributed by atoms with Gasteiger partial charge in [0.15, 0.2) is 0 Å². The van der Waals surface area contributed by atoms with Crippen molar-refractivity contribution in [2.75, 3.05) is 38.5 Å². The van der Waals surface area contributed by atoms with Crippen LogP contribution in [-0.4, -0.2) is 48.9 Å². The number of amides is 1. The second kappa shape index (κ2) is 8.97. The molecule has 29 heavy (non-hydrogen) atoms. The number of nitrogens with one attached hydrogen (secondary N) is 1. The Labute approximate surface area is 169 Å². The second-order valence-electron chi connectivity index (χ2n) is 7.41. The maximum atomic E-state index is 13.7. The van der Waals surface area contributed by atoms with Crippen molar-refractivity contribution < 1.29 is 18.0 Å². The Hall–Kier alpha value is -2.38. The molecule has 3 rings (SSSR count). The molecule has 4 nitrogen and oxygen atoms in total. The number of alkyl halides is 3. The topological polar surface area (TPSA) is 35.6 Å². The third kappa shape index (κ3) is 5.36. The molecule has 156 valence electrons. The van der Waals surface area contributed by atoms with E-state index < -0.39 is 17.6 Å². The first-order valence-electron chi connectivity index (χ1n) is 9.78. The van der Waals surface area contributed by atoms with Crippen molar-refractivity contribution in [1.82, 2.24) is 9.80 Å². The number of benzene rings is 2. The van der Waals surface area contributed by atoms with Crippen molar-refractivity contribution in [3.05, 3.63) is 64.7 Å². The molecular weight excluding hydrogens is 379 g/mol. The van der Waals surface area contributed by atoms with Crippen LogP contribution in [0.4, 0.5) is 18.9 Å². The lowest BCUT2D eigenvalue weighted by Gasteiger charge is -2.33. The summed E-state index contributed by atoms with van der Waals surface area (Å²) in [6, 6.07) is 11.2. The lowest BCUT2D eigenvalue weighted by molar-refractivity contribution is -0.138. The van der Waals surface area contributed by atoms with Crippen LogP contribution >= 0.6 is 0 Å². The van der Waals surface area contributed by atoms with E-state index in [1.807, 2.05) is 31.0 Å². The van der Waals surface area contributed by atoms with Crippen molar-refractivity contribution in [1.29, 1.82) is 0 Å². The lowest BCUT2D eigenvalue weighted by Crippen LogP contribution is -2.44. The van der Waals surface area contributed by atoms with E-state index in [9.17, 15) is 18.0 Å². The SMILES string of the molecule is CCc1ccccc1C(=O)Nc1ccc(CN2CCN(C)CC2)c(C(F)(F)F)c1. The molecule has 1 amide bonds. The van der Waals surface area contributed by atoms with E-state index in [-0.39, 0.29) is 17.8 Å². The molecule has 1 aliphatic heterocycles. The summed E-state index contributed by atoms with van der Waals surface area (Å²) in [4.78, 5) is 16.8. The van der Waals surface area contributed by atoms with Crippen LogP contribution in [0.3, 0.4) is 0 Å². The molecule has 0 aliphatic carbocycles. The number of nitrogens with zero attached hydrogens (tertiary/aromatic N) is 2. The number of anilines is 1. The minimum atomic E-state index is -4.48. The molecule has 1 aliphatic rings. The molecule has 0 spiro atoms. The van der Waals surface area contributed by atoms with Gasteiger partial charge in [0.1, 0.15) is 0 Å². The minimum Gasteiger partial charge on any atom is -0.322 e. The van der Waals surface area contributed by atoms with E-state index in [0.717, 1.165) is 37.8 Å². The highest BCUT2D eigenvalue weighted by Gasteiger charge is 2.34. The standard InChI is InChI=1S/C22H26F3N3O/c1-3-16-6-4-5-7-19(16)21(29)26-18-9-8-17(20(14-18)22(23,24)25)15-28-12-10-27(2)11-13-28/h4-9,14H,3,10-13,15H2,1-2H3,(H,26,29). The Morgan fingerprint density at radius 2 is 1.72 bits per heavy atom. The quantitative estimate of drug-likeness (QED) is 0.807. The van der Waals surface area contributed by atoms with Crippen molar-refractivity contribution >= 4 is 11.6 Å². The largest absolute Gasteiger partial charge is 0.416 e. The molecule has 2 aromatic carbocycles. The average Bonchev–Trinajstić information content (AvgIpc) is 2.70. The van der Waals surface area contributed by atoms with Crippen LogP contribution in [0.25, 0.3) is 0 Å². The number of aryl methyl sites for hydroxylation is 1. The zero-order chi connectivity index (χ0) is 21.0. The van der Waals surface area contributed by atoms with Crippen molar-refractivity contribution in [3.8, 4) is 0 Å². The van der Waals surface area contributed by atoms with Gasteiger partial charge in [-0.2, -0.15) is 13.2 Å². The van der Waals surface area contributed by atoms with Gasteiger partial charge in [0.2, 0.25) is 0 Å². The van der Waals surface area contributed by atoms with Crippen LogP contribution in [-0.2, 0) is 19.1 Å². The van der Waals surface area contributed by atoms with E-state index in [2.05, 4.69) is 10.2 Å². The summed E-state index contributed by atoms with van der Waals surface area (Å²) in [6.07, 6.45) is -3.81. The Balaban J connectivity index is 1.81. The molecule has 0 atom stereocenters. The summed E-state index contributed by atoms with van der Waals surface area (Å²) < 4.78 is 41.1. The first kappa shape index (κ1) is 21.3. The number of carbonyl (C=O) groups excluding carboxylic acids is 1. The van der Waals surface area contributed by atoms with Crippen LogP contribution in [0.2, 0.25) is 0 Å². The molecule has 1 heterocycles. The molecule has 1 N–H and O–H groups in total. The molecule has 0 radical (unpaired) electrons. The zero-order valence-electron chi connectivity index (χ0n) is 16.7. The predicted molar refractivity (Wildman–Crippen MR) is 108 cm³/mol. The van der Waals surface area contributed by atoms with Gasteiger partial charge in [0.25, 0.3) is 5.91 Å². The van der Waals surface area contributed by atoms with Gasteiger partial charge in [-0.15, -0.1) is 0 Å². The summed E-state index contributed by atoms with van der Waals surface area (Å²) in [6.45, 7) is 5.33. The minimum absolute atomic E-state index is 0.148. The van der Waals surface area contributed by atoms with Crippen molar-refractivity contribution in [3.63, 3.8) is 0 Å². The van der Waals surface area contributed by atoms with Crippen LogP contribution < -0.4 is 5.32 Å². The van der Waals surface area contributed by atoms with Crippen molar-refractivity contribution in [2.45, 2.75) is 26.1 Å². The molecule has 0 unspecified atom stereocenters. The van der Waals surface area contributed by atoms with Gasteiger partial charge in [-0.3, -0.25) is 9.69 Å². The molecular formula is C22H26F3N3O. The first-order chi connectivity index (χ1) is 13.8. The number of piperazine rings is 1. The third-order valence-corrected chi connectivity index (χ3v) is 5.31. The van der Waals surface area contributed by atoms with Gasteiger partial charge in [0, 0.05) is 44.0 Å². The zero-order valence-corrected chi connectivity index (χ0v) is 16.7. The summed E-state index contributed by atoms with van der Waals surface area (Å²) in [5.74, 6) is -0.401. The van der Waals surface area contributed by atoms with E-state index in [1.54, 1.807) is 18.2 Å². The molecule has 0 aromatic heterocycles. The maximum Gasteiger partial charge on any atom is 0.416 e. The van der Waals surface area contributed by atoms with Gasteiger partial charge < -0.3 is 10.2 Å². The maximum absolute atomic E-state index is 13.7. The highest BCUT2D eigenvalue weighted by molar-refractivity contribution is 6.05. The van der Waals surface area contributed by atoms with Gasteiger partial charge in [-0.05, 0) is 42.8 Å². The van der Waals surface area contributed by atoms with Gasteiger partial charge in [0.05, 0.1) is 5.56 Å². The van der Waals surface area contributed by atoms with Crippen LogP contribution in [0.15, 0.2) is 42.5 Å². The van der Waals surface area contributed by atoms with Gasteiger partial charge >= 0.3 is 6.18 Å². The summed E-state index contributed by atoms with van der Waals surface area (Å²) in [5, 5.41) is 2.62. The average molecular weight is 405 g/mol. The van der Waals surface area contributed by atoms with E-state index >= 15 is 0 Å². The number of halogens is 3. The van der Waals surface area contributed by atoms with E-state index in [4.69, 9.17) is 0 Å². The first-order valence-corrected chi connectivity index (χ1v) is 9.78. The summed E-state index contributed by atoms with van der Waals surface area (Å²) >= 11 is 0. The summed E-state index contributed by atoms with van der Waals surface area (Å²) in [5.41, 5.74) is 1.01. The predicted octanol–water partition coefficient (Wildman–Crippen LogP) is 4.27. The highest BCUT2D eigenvalue weighted by atomic mass is 19.4. The Morgan fingerprint density at radius 3 is 2.38 bits per heavy atom. The monoisotopic (exact) mass is 405 g/mol. The van der Waals surface area contributed by atoms with E-state index in [0.29, 0.717) is 12.0 Å². The third-order valence-electron chi connectivity index (χ3n) is 5.31. The number of hydrogen-bond acceptors (Lipinski definition) is 3. The van der Waals surface area contributed by atoms with Crippen molar-refractivity contribution in [2.24, 2.45) is 0 Å². The molecule has 2 aromatic rings. The Morgan fingerprint density at radius 1 is 1.03 bits per heavy atom. The highest BCUT2D eigenvalue weighted by Crippen LogP contribution is 2.34. The van der Waals surface area contributed by atoms with Gasteiger partial charge in [-0.25, -0.2) is 0 Å². The Bertz CT molecular complexity index is 859.